The van der Waals surface area contributed by atoms with E-state index in [4.69, 9.17) is 4.98 Å². The van der Waals surface area contributed by atoms with Gasteiger partial charge in [0.1, 0.15) is 11.6 Å². The molecule has 4 rings (SSSR count). The molecule has 1 fully saturated rings. The Morgan fingerprint density at radius 2 is 1.97 bits per heavy atom. The highest BCUT2D eigenvalue weighted by molar-refractivity contribution is 7.15. The van der Waals surface area contributed by atoms with Crippen molar-refractivity contribution in [1.82, 2.24) is 9.88 Å². The first-order valence-electron chi connectivity index (χ1n) is 9.65. The molecule has 0 spiro atoms. The Bertz CT molecular complexity index is 941. The van der Waals surface area contributed by atoms with Gasteiger partial charge in [-0.1, -0.05) is 0 Å². The molecule has 2 heterocycles. The van der Waals surface area contributed by atoms with E-state index in [9.17, 15) is 18.4 Å². The van der Waals surface area contributed by atoms with Crippen LogP contribution < -0.4 is 10.2 Å². The maximum Gasteiger partial charge on any atom is 0.227 e. The van der Waals surface area contributed by atoms with Crippen LogP contribution in [-0.4, -0.2) is 47.9 Å². The lowest BCUT2D eigenvalue weighted by Crippen LogP contribution is -2.48. The fourth-order valence-electron chi connectivity index (χ4n) is 3.76. The Hall–Kier alpha value is -2.55. The van der Waals surface area contributed by atoms with Crippen molar-refractivity contribution in [2.45, 2.75) is 26.2 Å². The van der Waals surface area contributed by atoms with E-state index in [0.29, 0.717) is 32.4 Å². The van der Waals surface area contributed by atoms with Crippen LogP contribution in [0.2, 0.25) is 0 Å². The van der Waals surface area contributed by atoms with Crippen LogP contribution in [-0.2, 0) is 22.4 Å². The molecule has 1 aromatic heterocycles. The summed E-state index contributed by atoms with van der Waals surface area (Å²) in [6, 6.07) is 3.02. The molecule has 1 saturated heterocycles. The van der Waals surface area contributed by atoms with E-state index in [0.717, 1.165) is 47.0 Å². The molecular weight excluding hydrogens is 398 g/mol. The maximum absolute atomic E-state index is 13.8. The Morgan fingerprint density at radius 1 is 1.21 bits per heavy atom. The van der Waals surface area contributed by atoms with Crippen LogP contribution in [0.25, 0.3) is 0 Å². The van der Waals surface area contributed by atoms with Gasteiger partial charge in [-0.25, -0.2) is 13.8 Å². The molecule has 9 heteroatoms. The van der Waals surface area contributed by atoms with Gasteiger partial charge in [0.05, 0.1) is 11.4 Å². The maximum atomic E-state index is 13.8. The standard InChI is InChI=1S/C20H22F2N4O2S/c1-12(27)25-6-8-26(9-7-25)20-24-16-5-2-13(10-18(16)29-20)19(28)23-17-11-14(21)3-4-15(17)22/h3-4,11,13H,2,5-10H2,1H3,(H,23,28)/t13-/m0/s1. The largest absolute Gasteiger partial charge is 0.345 e. The normalized spacial score (nSPS) is 19.1. The number of halogens is 2. The molecule has 2 aromatic rings. The van der Waals surface area contributed by atoms with Crippen LogP contribution in [0.15, 0.2) is 18.2 Å². The third kappa shape index (κ3) is 4.24. The van der Waals surface area contributed by atoms with Crippen LogP contribution in [0.3, 0.4) is 0 Å². The number of hydrogen-bond donors (Lipinski definition) is 1. The second kappa shape index (κ2) is 8.06. The van der Waals surface area contributed by atoms with Crippen molar-refractivity contribution in [3.05, 3.63) is 40.4 Å². The molecule has 154 valence electrons. The van der Waals surface area contributed by atoms with E-state index < -0.39 is 11.6 Å². The van der Waals surface area contributed by atoms with Gasteiger partial charge < -0.3 is 15.1 Å². The summed E-state index contributed by atoms with van der Waals surface area (Å²) in [5.41, 5.74) is 0.883. The summed E-state index contributed by atoms with van der Waals surface area (Å²) in [6.45, 7) is 4.44. The fraction of sp³-hybridized carbons (Fsp3) is 0.450. The summed E-state index contributed by atoms with van der Waals surface area (Å²) in [5.74, 6) is -1.75. The Balaban J connectivity index is 1.41. The molecule has 29 heavy (non-hydrogen) atoms. The number of carbonyl (C=O) groups excluding carboxylic acids is 2. The number of fused-ring (bicyclic) bond motifs is 1. The van der Waals surface area contributed by atoms with E-state index in [-0.39, 0.29) is 23.4 Å². The first-order valence-corrected chi connectivity index (χ1v) is 10.5. The van der Waals surface area contributed by atoms with E-state index in [1.165, 1.54) is 0 Å². The molecule has 2 aliphatic rings. The molecule has 0 saturated carbocycles. The molecule has 1 N–H and O–H groups in total. The summed E-state index contributed by atoms with van der Waals surface area (Å²) >= 11 is 1.58. The van der Waals surface area contributed by atoms with Crippen molar-refractivity contribution in [3.8, 4) is 0 Å². The van der Waals surface area contributed by atoms with Crippen LogP contribution in [0.4, 0.5) is 19.6 Å². The minimum Gasteiger partial charge on any atom is -0.345 e. The van der Waals surface area contributed by atoms with E-state index in [2.05, 4.69) is 10.2 Å². The average Bonchev–Trinajstić information content (AvgIpc) is 3.14. The molecule has 0 radical (unpaired) electrons. The van der Waals surface area contributed by atoms with Gasteiger partial charge in [-0.15, -0.1) is 11.3 Å². The van der Waals surface area contributed by atoms with Crippen molar-refractivity contribution in [2.75, 3.05) is 36.4 Å². The summed E-state index contributed by atoms with van der Waals surface area (Å²) in [7, 11) is 0. The molecule has 2 amide bonds. The number of aryl methyl sites for hydroxylation is 1. The number of benzene rings is 1. The van der Waals surface area contributed by atoms with Gasteiger partial charge in [-0.3, -0.25) is 9.59 Å². The van der Waals surface area contributed by atoms with Gasteiger partial charge in [0.25, 0.3) is 0 Å². The van der Waals surface area contributed by atoms with Gasteiger partial charge >= 0.3 is 0 Å². The highest BCUT2D eigenvalue weighted by Crippen LogP contribution is 2.35. The minimum absolute atomic E-state index is 0.0895. The topological polar surface area (TPSA) is 65.5 Å². The molecule has 1 aliphatic carbocycles. The van der Waals surface area contributed by atoms with Crippen LogP contribution in [0.1, 0.15) is 23.9 Å². The zero-order valence-corrected chi connectivity index (χ0v) is 16.9. The number of nitrogens with zero attached hydrogens (tertiary/aromatic N) is 3. The Labute approximate surface area is 171 Å². The molecule has 0 bridgehead atoms. The molecule has 1 aromatic carbocycles. The molecule has 1 atom stereocenters. The number of anilines is 2. The number of rotatable bonds is 3. The van der Waals surface area contributed by atoms with Crippen molar-refractivity contribution < 1.29 is 18.4 Å². The minimum atomic E-state index is -0.652. The van der Waals surface area contributed by atoms with Crippen LogP contribution in [0, 0.1) is 17.6 Å². The number of nitrogens with one attached hydrogen (secondary N) is 1. The number of thiazole rings is 1. The van der Waals surface area contributed by atoms with E-state index in [1.54, 1.807) is 18.3 Å². The SMILES string of the molecule is CC(=O)N1CCN(c2nc3c(s2)C[C@@H](C(=O)Nc2cc(F)ccc2F)CC3)CC1. The van der Waals surface area contributed by atoms with Crippen molar-refractivity contribution >= 4 is 34.0 Å². The Morgan fingerprint density at radius 3 is 2.69 bits per heavy atom. The first kappa shape index (κ1) is 19.8. The zero-order chi connectivity index (χ0) is 20.5. The van der Waals surface area contributed by atoms with Crippen LogP contribution in [0.5, 0.6) is 0 Å². The Kier molecular flexibility index (Phi) is 5.49. The third-order valence-corrected chi connectivity index (χ3v) is 6.66. The number of aromatic nitrogens is 1. The predicted molar refractivity (Wildman–Crippen MR) is 107 cm³/mol. The highest BCUT2D eigenvalue weighted by Gasteiger charge is 2.30. The number of hydrogen-bond acceptors (Lipinski definition) is 5. The quantitative estimate of drug-likeness (QED) is 0.829. The van der Waals surface area contributed by atoms with Crippen LogP contribution >= 0.6 is 11.3 Å². The lowest BCUT2D eigenvalue weighted by molar-refractivity contribution is -0.129. The molecular formula is C20H22F2N4O2S. The smallest absolute Gasteiger partial charge is 0.227 e. The van der Waals surface area contributed by atoms with Crippen molar-refractivity contribution in [3.63, 3.8) is 0 Å². The van der Waals surface area contributed by atoms with Crippen molar-refractivity contribution in [2.24, 2.45) is 5.92 Å². The third-order valence-electron chi connectivity index (χ3n) is 5.48. The van der Waals surface area contributed by atoms with E-state index >= 15 is 0 Å². The highest BCUT2D eigenvalue weighted by atomic mass is 32.1. The second-order valence-electron chi connectivity index (χ2n) is 7.41. The summed E-state index contributed by atoms with van der Waals surface area (Å²) in [5, 5.41) is 3.45. The van der Waals surface area contributed by atoms with E-state index in [1.807, 2.05) is 4.90 Å². The lowest BCUT2D eigenvalue weighted by Gasteiger charge is -2.33. The summed E-state index contributed by atoms with van der Waals surface area (Å²) < 4.78 is 27.1. The molecule has 6 nitrogen and oxygen atoms in total. The summed E-state index contributed by atoms with van der Waals surface area (Å²) in [6.07, 6.45) is 1.85. The van der Waals surface area contributed by atoms with Gasteiger partial charge in [-0.05, 0) is 31.4 Å². The second-order valence-corrected chi connectivity index (χ2v) is 8.47. The van der Waals surface area contributed by atoms with Gasteiger partial charge in [0, 0.05) is 50.0 Å². The average molecular weight is 420 g/mol. The zero-order valence-electron chi connectivity index (χ0n) is 16.1. The van der Waals surface area contributed by atoms with Crippen molar-refractivity contribution in [1.29, 1.82) is 0 Å². The first-order chi connectivity index (χ1) is 13.9. The monoisotopic (exact) mass is 420 g/mol. The molecule has 0 unspecified atom stereocenters. The summed E-state index contributed by atoms with van der Waals surface area (Å²) in [4.78, 5) is 33.9. The predicted octanol–water partition coefficient (Wildman–Crippen LogP) is 2.83. The number of carbonyl (C=O) groups is 2. The fourth-order valence-corrected chi connectivity index (χ4v) is 5.00. The van der Waals surface area contributed by atoms with Gasteiger partial charge in [-0.2, -0.15) is 0 Å². The van der Waals surface area contributed by atoms with Gasteiger partial charge in [0.2, 0.25) is 11.8 Å². The number of piperazine rings is 1. The number of amides is 2. The van der Waals surface area contributed by atoms with Gasteiger partial charge in [0.15, 0.2) is 5.13 Å². The molecule has 1 aliphatic heterocycles. The lowest BCUT2D eigenvalue weighted by atomic mass is 9.90.